The molecule has 2 rings (SSSR count). The second-order valence-electron chi connectivity index (χ2n) is 2.35. The molecule has 1 N–H and O–H groups in total. The molecule has 0 spiro atoms. The van der Waals surface area contributed by atoms with E-state index >= 15 is 0 Å². The third-order valence-electron chi connectivity index (χ3n) is 1.73. The molecule has 0 bridgehead atoms. The molecule has 1 aromatic rings. The summed E-state index contributed by atoms with van der Waals surface area (Å²) in [6, 6.07) is 2.12. The molecule has 1 nitrogen and oxygen atoms in total. The normalized spacial score (nSPS) is 15.6. The van der Waals surface area contributed by atoms with Crippen LogP contribution in [0.4, 0.5) is 0 Å². The fourth-order valence-corrected chi connectivity index (χ4v) is 1.23. The van der Waals surface area contributed by atoms with Crippen LogP contribution in [0.2, 0.25) is 0 Å². The molecule has 0 aliphatic heterocycles. The molecule has 0 saturated carbocycles. The second kappa shape index (κ2) is 1.76. The van der Waals surface area contributed by atoms with E-state index in [2.05, 4.69) is 23.2 Å². The second-order valence-corrected chi connectivity index (χ2v) is 2.35. The van der Waals surface area contributed by atoms with Crippen molar-refractivity contribution in [3.05, 3.63) is 29.6 Å². The molecule has 1 heteroatoms. The predicted molar refractivity (Wildman–Crippen MR) is 38.1 cm³/mol. The topological polar surface area (TPSA) is 15.8 Å². The molecule has 1 aliphatic rings. The van der Waals surface area contributed by atoms with E-state index in [1.165, 1.54) is 24.1 Å². The highest BCUT2D eigenvalue weighted by Crippen LogP contribution is 2.16. The van der Waals surface area contributed by atoms with Gasteiger partial charge in [0.2, 0.25) is 0 Å². The molecule has 0 saturated heterocycles. The van der Waals surface area contributed by atoms with Crippen LogP contribution < -0.4 is 0 Å². The van der Waals surface area contributed by atoms with Gasteiger partial charge in [-0.1, -0.05) is 12.2 Å². The van der Waals surface area contributed by atoms with Gasteiger partial charge < -0.3 is 4.98 Å². The molecular weight excluding hydrogens is 110 g/mol. The molecule has 0 atom stereocenters. The number of aromatic nitrogens is 1. The van der Waals surface area contributed by atoms with E-state index < -0.39 is 0 Å². The van der Waals surface area contributed by atoms with Gasteiger partial charge in [0, 0.05) is 11.9 Å². The van der Waals surface area contributed by atoms with Crippen LogP contribution in [0.5, 0.6) is 0 Å². The lowest BCUT2D eigenvalue weighted by atomic mass is 10.1. The number of rotatable bonds is 0. The third-order valence-corrected chi connectivity index (χ3v) is 1.73. The van der Waals surface area contributed by atoms with Gasteiger partial charge in [-0.05, 0) is 24.5 Å². The molecule has 0 aromatic carbocycles. The SMILES string of the molecule is C1=Cc2cc[nH]c2CC1. The number of nitrogens with one attached hydrogen (secondary N) is 1. The van der Waals surface area contributed by atoms with Gasteiger partial charge in [-0.25, -0.2) is 0 Å². The summed E-state index contributed by atoms with van der Waals surface area (Å²) < 4.78 is 0. The highest BCUT2D eigenvalue weighted by atomic mass is 14.7. The van der Waals surface area contributed by atoms with Crippen molar-refractivity contribution in [2.24, 2.45) is 0 Å². The molecule has 0 amide bonds. The number of fused-ring (bicyclic) bond motifs is 1. The highest BCUT2D eigenvalue weighted by molar-refractivity contribution is 5.54. The number of aromatic amines is 1. The quantitative estimate of drug-likeness (QED) is 0.537. The predicted octanol–water partition coefficient (Wildman–Crippen LogP) is 1.97. The molecule has 9 heavy (non-hydrogen) atoms. The zero-order valence-corrected chi connectivity index (χ0v) is 5.22. The van der Waals surface area contributed by atoms with E-state index in [0.29, 0.717) is 0 Å². The molecule has 46 valence electrons. The van der Waals surface area contributed by atoms with E-state index in [-0.39, 0.29) is 0 Å². The lowest BCUT2D eigenvalue weighted by Crippen LogP contribution is -1.90. The van der Waals surface area contributed by atoms with Gasteiger partial charge >= 0.3 is 0 Å². The summed E-state index contributed by atoms with van der Waals surface area (Å²) >= 11 is 0. The van der Waals surface area contributed by atoms with Crippen LogP contribution in [0.15, 0.2) is 18.3 Å². The van der Waals surface area contributed by atoms with Gasteiger partial charge in [0.25, 0.3) is 0 Å². The number of aryl methyl sites for hydroxylation is 1. The molecule has 0 radical (unpaired) electrons. The summed E-state index contributed by atoms with van der Waals surface area (Å²) in [5.74, 6) is 0. The van der Waals surface area contributed by atoms with Gasteiger partial charge in [0.1, 0.15) is 0 Å². The van der Waals surface area contributed by atoms with Crippen LogP contribution in [0.25, 0.3) is 6.08 Å². The van der Waals surface area contributed by atoms with Crippen molar-refractivity contribution in [2.45, 2.75) is 12.8 Å². The maximum Gasteiger partial charge on any atom is 0.0223 e. The zero-order valence-electron chi connectivity index (χ0n) is 5.22. The summed E-state index contributed by atoms with van der Waals surface area (Å²) in [4.78, 5) is 3.21. The molecule has 1 heterocycles. The van der Waals surface area contributed by atoms with Crippen molar-refractivity contribution >= 4 is 6.08 Å². The van der Waals surface area contributed by atoms with Crippen LogP contribution in [-0.4, -0.2) is 4.98 Å². The van der Waals surface area contributed by atoms with Crippen LogP contribution in [0.1, 0.15) is 17.7 Å². The Morgan fingerprint density at radius 3 is 3.33 bits per heavy atom. The van der Waals surface area contributed by atoms with E-state index in [4.69, 9.17) is 0 Å². The number of hydrogen-bond acceptors (Lipinski definition) is 0. The average Bonchev–Trinajstić information content (AvgIpc) is 2.33. The largest absolute Gasteiger partial charge is 0.364 e. The monoisotopic (exact) mass is 119 g/mol. The maximum absolute atomic E-state index is 3.21. The Morgan fingerprint density at radius 2 is 2.44 bits per heavy atom. The van der Waals surface area contributed by atoms with E-state index in [9.17, 15) is 0 Å². The molecule has 0 unspecified atom stereocenters. The Kier molecular flexibility index (Phi) is 0.950. The van der Waals surface area contributed by atoms with Crippen molar-refractivity contribution < 1.29 is 0 Å². The fourth-order valence-electron chi connectivity index (χ4n) is 1.23. The lowest BCUT2D eigenvalue weighted by molar-refractivity contribution is 0.945. The lowest BCUT2D eigenvalue weighted by Gasteiger charge is -2.01. The molecule has 1 aromatic heterocycles. The van der Waals surface area contributed by atoms with Gasteiger partial charge in [0.15, 0.2) is 0 Å². The fraction of sp³-hybridized carbons (Fsp3) is 0.250. The number of hydrogen-bond donors (Lipinski definition) is 1. The van der Waals surface area contributed by atoms with Crippen LogP contribution in [0, 0.1) is 0 Å². The molecule has 1 aliphatic carbocycles. The smallest absolute Gasteiger partial charge is 0.0223 e. The van der Waals surface area contributed by atoms with E-state index in [1.807, 2.05) is 6.20 Å². The maximum atomic E-state index is 3.21. The van der Waals surface area contributed by atoms with Crippen molar-refractivity contribution in [1.82, 2.24) is 4.98 Å². The first-order valence-electron chi connectivity index (χ1n) is 3.29. The van der Waals surface area contributed by atoms with Crippen molar-refractivity contribution in [3.8, 4) is 0 Å². The van der Waals surface area contributed by atoms with Crippen molar-refractivity contribution in [1.29, 1.82) is 0 Å². The van der Waals surface area contributed by atoms with Gasteiger partial charge in [-0.2, -0.15) is 0 Å². The number of H-pyrrole nitrogens is 1. The third kappa shape index (κ3) is 0.689. The minimum atomic E-state index is 1.18. The van der Waals surface area contributed by atoms with Crippen LogP contribution >= 0.6 is 0 Å². The first-order valence-corrected chi connectivity index (χ1v) is 3.29. The van der Waals surface area contributed by atoms with E-state index in [0.717, 1.165) is 0 Å². The van der Waals surface area contributed by atoms with Gasteiger partial charge in [0.05, 0.1) is 0 Å². The Hall–Kier alpha value is -0.980. The Balaban J connectivity index is 2.53. The first-order chi connectivity index (χ1) is 4.47. The van der Waals surface area contributed by atoms with E-state index in [1.54, 1.807) is 0 Å². The molecule has 0 fully saturated rings. The van der Waals surface area contributed by atoms with Crippen LogP contribution in [0.3, 0.4) is 0 Å². The summed E-state index contributed by atoms with van der Waals surface area (Å²) in [5.41, 5.74) is 2.75. The first kappa shape index (κ1) is 4.86. The minimum absolute atomic E-state index is 1.18. The summed E-state index contributed by atoms with van der Waals surface area (Å²) in [7, 11) is 0. The van der Waals surface area contributed by atoms with Gasteiger partial charge in [-0.15, -0.1) is 0 Å². The Bertz CT molecular complexity index is 232. The zero-order chi connectivity index (χ0) is 6.10. The summed E-state index contributed by atoms with van der Waals surface area (Å²) in [6.07, 6.45) is 8.76. The number of allylic oxidation sites excluding steroid dienone is 1. The average molecular weight is 119 g/mol. The van der Waals surface area contributed by atoms with Gasteiger partial charge in [-0.3, -0.25) is 0 Å². The highest BCUT2D eigenvalue weighted by Gasteiger charge is 2.02. The van der Waals surface area contributed by atoms with Crippen molar-refractivity contribution in [3.63, 3.8) is 0 Å². The van der Waals surface area contributed by atoms with Crippen molar-refractivity contribution in [2.75, 3.05) is 0 Å². The standard InChI is InChI=1S/C8H9N/c1-2-4-8-7(3-1)5-6-9-8/h1,3,5-6,9H,2,4H2. The van der Waals surface area contributed by atoms with Crippen LogP contribution in [-0.2, 0) is 6.42 Å². The molecular formula is C8H9N. The minimum Gasteiger partial charge on any atom is -0.364 e. The summed E-state index contributed by atoms with van der Waals surface area (Å²) in [6.45, 7) is 0. The Labute approximate surface area is 54.4 Å². The summed E-state index contributed by atoms with van der Waals surface area (Å²) in [5, 5.41) is 0. The Morgan fingerprint density at radius 1 is 1.44 bits per heavy atom.